The third-order valence-corrected chi connectivity index (χ3v) is 11.4. The van der Waals surface area contributed by atoms with E-state index in [1.165, 1.54) is 49.4 Å². The van der Waals surface area contributed by atoms with Gasteiger partial charge >= 0.3 is 6.61 Å². The minimum atomic E-state index is -3.16. The summed E-state index contributed by atoms with van der Waals surface area (Å²) in [6.45, 7) is 9.66. The Morgan fingerprint density at radius 1 is 1.10 bits per heavy atom. The van der Waals surface area contributed by atoms with Gasteiger partial charge in [-0.2, -0.15) is 18.9 Å². The van der Waals surface area contributed by atoms with Crippen LogP contribution in [0.1, 0.15) is 45.7 Å². The molecule has 12 heteroatoms. The molecular formula is C27H33F4N3O4Si. The maximum atomic E-state index is 14.1. The van der Waals surface area contributed by atoms with Gasteiger partial charge in [-0.05, 0) is 55.4 Å². The lowest BCUT2D eigenvalue weighted by Gasteiger charge is -2.36. The van der Waals surface area contributed by atoms with Crippen molar-refractivity contribution in [3.63, 3.8) is 0 Å². The lowest BCUT2D eigenvalue weighted by atomic mass is 10.0. The number of ether oxygens (including phenoxy) is 1. The summed E-state index contributed by atoms with van der Waals surface area (Å²) in [6.07, 6.45) is 0. The van der Waals surface area contributed by atoms with E-state index in [4.69, 9.17) is 4.43 Å². The first-order valence-corrected chi connectivity index (χ1v) is 15.2. The highest BCUT2D eigenvalue weighted by Crippen LogP contribution is 2.38. The van der Waals surface area contributed by atoms with Gasteiger partial charge in [0.25, 0.3) is 11.8 Å². The molecule has 0 spiro atoms. The quantitative estimate of drug-likeness (QED) is 0.203. The Kier molecular flexibility index (Phi) is 8.61. The normalized spacial score (nSPS) is 16.5. The fourth-order valence-corrected chi connectivity index (χ4v) is 4.54. The molecule has 39 heavy (non-hydrogen) atoms. The molecule has 3 rings (SSSR count). The van der Waals surface area contributed by atoms with Gasteiger partial charge in [0.2, 0.25) is 5.91 Å². The average Bonchev–Trinajstić information content (AvgIpc) is 3.10. The number of hydrogen-bond donors (Lipinski definition) is 1. The van der Waals surface area contributed by atoms with Crippen molar-refractivity contribution >= 4 is 37.2 Å². The van der Waals surface area contributed by atoms with Gasteiger partial charge in [-0.1, -0.05) is 32.9 Å². The van der Waals surface area contributed by atoms with Gasteiger partial charge < -0.3 is 14.5 Å². The molecule has 1 aliphatic heterocycles. The van der Waals surface area contributed by atoms with Crippen molar-refractivity contribution in [2.24, 2.45) is 11.0 Å². The van der Waals surface area contributed by atoms with Crippen LogP contribution in [0.3, 0.4) is 0 Å². The smallest absolute Gasteiger partial charge is 0.387 e. The van der Waals surface area contributed by atoms with Crippen LogP contribution < -0.4 is 15.1 Å². The summed E-state index contributed by atoms with van der Waals surface area (Å²) in [7, 11) is -2.20. The molecule has 1 aliphatic rings. The van der Waals surface area contributed by atoms with Crippen LogP contribution in [-0.2, 0) is 26.5 Å². The highest BCUT2D eigenvalue weighted by atomic mass is 28.4. The summed E-state index contributed by atoms with van der Waals surface area (Å²) < 4.78 is 63.7. The first-order chi connectivity index (χ1) is 17.9. The molecule has 1 heterocycles. The molecule has 0 fully saturated rings. The second kappa shape index (κ2) is 11.1. The molecule has 7 nitrogen and oxygen atoms in total. The molecule has 1 N–H and O–H groups in total. The molecule has 0 radical (unpaired) electrons. The van der Waals surface area contributed by atoms with Crippen molar-refractivity contribution in [2.45, 2.75) is 71.9 Å². The number of benzene rings is 2. The summed E-state index contributed by atoms with van der Waals surface area (Å²) in [5, 5.41) is 7.69. The largest absolute Gasteiger partial charge is 0.435 e. The van der Waals surface area contributed by atoms with Gasteiger partial charge in [0.05, 0.1) is 18.0 Å². The van der Waals surface area contributed by atoms with Crippen LogP contribution in [-0.4, -0.2) is 32.5 Å². The number of hydrogen-bond acceptors (Lipinski definition) is 5. The molecule has 0 bridgehead atoms. The third kappa shape index (κ3) is 7.04. The van der Waals surface area contributed by atoms with E-state index < -0.39 is 38.6 Å². The van der Waals surface area contributed by atoms with E-state index in [9.17, 15) is 27.2 Å². The van der Waals surface area contributed by atoms with Gasteiger partial charge in [0.1, 0.15) is 5.75 Å². The number of anilines is 2. The van der Waals surface area contributed by atoms with Crippen molar-refractivity contribution in [3.8, 4) is 5.75 Å². The number of amides is 2. The van der Waals surface area contributed by atoms with Gasteiger partial charge in [-0.25, -0.2) is 8.78 Å². The minimum Gasteiger partial charge on any atom is -0.435 e. The Morgan fingerprint density at radius 2 is 1.72 bits per heavy atom. The molecule has 212 valence electrons. The number of carbonyl (C=O) groups excluding carboxylic acids is 2. The van der Waals surface area contributed by atoms with Crippen LogP contribution >= 0.6 is 0 Å². The number of halogens is 4. The molecule has 0 saturated heterocycles. The van der Waals surface area contributed by atoms with Crippen molar-refractivity contribution < 1.29 is 36.3 Å². The minimum absolute atomic E-state index is 0.0898. The van der Waals surface area contributed by atoms with E-state index in [-0.39, 0.29) is 40.0 Å². The van der Waals surface area contributed by atoms with Gasteiger partial charge in [-0.3, -0.25) is 9.59 Å². The molecule has 1 atom stereocenters. The zero-order chi connectivity index (χ0) is 29.3. The number of carbonyl (C=O) groups is 2. The Bertz CT molecular complexity index is 1260. The molecule has 2 amide bonds. The Morgan fingerprint density at radius 3 is 2.26 bits per heavy atom. The highest BCUT2D eigenvalue weighted by Gasteiger charge is 2.41. The molecule has 2 aromatic rings. The van der Waals surface area contributed by atoms with Crippen molar-refractivity contribution in [1.29, 1.82) is 0 Å². The van der Waals surface area contributed by atoms with E-state index in [0.717, 1.165) is 11.9 Å². The van der Waals surface area contributed by atoms with Gasteiger partial charge in [0.15, 0.2) is 14.2 Å². The van der Waals surface area contributed by atoms with Crippen molar-refractivity contribution in [2.75, 3.05) is 10.3 Å². The zero-order valence-corrected chi connectivity index (χ0v) is 23.9. The monoisotopic (exact) mass is 567 g/mol. The number of alkyl halides is 4. The molecule has 0 saturated carbocycles. The number of hydrazone groups is 1. The van der Waals surface area contributed by atoms with E-state index >= 15 is 0 Å². The third-order valence-electron chi connectivity index (χ3n) is 6.97. The predicted molar refractivity (Wildman–Crippen MR) is 144 cm³/mol. The topological polar surface area (TPSA) is 80.2 Å². The maximum Gasteiger partial charge on any atom is 0.387 e. The average molecular weight is 568 g/mol. The van der Waals surface area contributed by atoms with Crippen LogP contribution in [0.25, 0.3) is 0 Å². The van der Waals surface area contributed by atoms with E-state index in [1.54, 1.807) is 0 Å². The van der Waals surface area contributed by atoms with E-state index in [2.05, 4.69) is 49.0 Å². The Labute approximate surface area is 226 Å². The second-order valence-electron chi connectivity index (χ2n) is 11.0. The Balaban J connectivity index is 1.84. The zero-order valence-electron chi connectivity index (χ0n) is 22.9. The maximum absolute atomic E-state index is 14.1. The predicted octanol–water partition coefficient (Wildman–Crippen LogP) is 6.90. The first-order valence-electron chi connectivity index (χ1n) is 12.3. The second-order valence-corrected chi connectivity index (χ2v) is 15.8. The van der Waals surface area contributed by atoms with Crippen LogP contribution in [0.15, 0.2) is 47.6 Å². The fraction of sp³-hybridized carbons (Fsp3) is 0.444. The standard InChI is InChI=1S/C27H33F4N3O4Si/c1-16-22(24(36)34(33-16)19-10-12-20(13-11-19)38-25(28)29)23(35)32-21-14-18(27(5,30)31)9-8-17(21)15-37-39(6,7)26(2,3)4/h8-14,22,25H,15H2,1-7H3,(H,32,35). The fourth-order valence-electron chi connectivity index (χ4n) is 3.59. The van der Waals surface area contributed by atoms with E-state index in [1.807, 2.05) is 0 Å². The van der Waals surface area contributed by atoms with Crippen molar-refractivity contribution in [1.82, 2.24) is 0 Å². The summed E-state index contributed by atoms with van der Waals surface area (Å²) in [5.41, 5.74) is 0.733. The van der Waals surface area contributed by atoms with Gasteiger partial charge in [-0.15, -0.1) is 0 Å². The highest BCUT2D eigenvalue weighted by molar-refractivity contribution is 6.74. The number of nitrogens with one attached hydrogen (secondary N) is 1. The van der Waals surface area contributed by atoms with Crippen LogP contribution in [0.2, 0.25) is 18.1 Å². The van der Waals surface area contributed by atoms with E-state index in [0.29, 0.717) is 5.56 Å². The number of rotatable bonds is 9. The lowest BCUT2D eigenvalue weighted by Crippen LogP contribution is -2.40. The van der Waals surface area contributed by atoms with Crippen LogP contribution in [0.4, 0.5) is 28.9 Å². The van der Waals surface area contributed by atoms with Gasteiger partial charge in [0, 0.05) is 23.7 Å². The summed E-state index contributed by atoms with van der Waals surface area (Å²) in [5.74, 6) is -6.00. The molecule has 1 unspecified atom stereocenters. The summed E-state index contributed by atoms with van der Waals surface area (Å²) >= 11 is 0. The van der Waals surface area contributed by atoms with Crippen LogP contribution in [0.5, 0.6) is 5.75 Å². The molecule has 0 aromatic heterocycles. The summed E-state index contributed by atoms with van der Waals surface area (Å²) in [4.78, 5) is 26.4. The van der Waals surface area contributed by atoms with Crippen molar-refractivity contribution in [3.05, 3.63) is 53.6 Å². The Hall–Kier alpha value is -3.25. The molecule has 2 aromatic carbocycles. The SMILES string of the molecule is CC1=NN(c2ccc(OC(F)F)cc2)C(=O)C1C(=O)Nc1cc(C(C)(F)F)ccc1CO[Si](C)(C)C(C)(C)C. The lowest BCUT2D eigenvalue weighted by molar-refractivity contribution is -0.127. The number of nitrogens with zero attached hydrogens (tertiary/aromatic N) is 2. The molecular weight excluding hydrogens is 534 g/mol. The summed E-state index contributed by atoms with van der Waals surface area (Å²) in [6, 6.07) is 9.17. The first kappa shape index (κ1) is 30.3. The molecule has 0 aliphatic carbocycles. The van der Waals surface area contributed by atoms with Crippen LogP contribution in [0, 0.1) is 5.92 Å².